The van der Waals surface area contributed by atoms with Gasteiger partial charge < -0.3 is 4.74 Å². The molecule has 2 rings (SSSR count). The summed E-state index contributed by atoms with van der Waals surface area (Å²) in [5.74, 6) is 1.45. The molecule has 11 heavy (non-hydrogen) atoms. The van der Waals surface area contributed by atoms with Gasteiger partial charge in [-0.1, -0.05) is 0 Å². The maximum atomic E-state index is 10.7. The average molecular weight is 154 g/mol. The van der Waals surface area contributed by atoms with Crippen LogP contribution in [0.25, 0.3) is 0 Å². The van der Waals surface area contributed by atoms with Gasteiger partial charge >= 0.3 is 5.97 Å². The van der Waals surface area contributed by atoms with E-state index in [1.54, 1.807) is 0 Å². The van der Waals surface area contributed by atoms with Crippen LogP contribution in [-0.2, 0) is 9.53 Å². The molecule has 0 radical (unpaired) electrons. The van der Waals surface area contributed by atoms with Gasteiger partial charge in [0.15, 0.2) is 0 Å². The fraction of sp³-hybridized carbons (Fsp3) is 0.889. The van der Waals surface area contributed by atoms with Crippen molar-refractivity contribution in [3.63, 3.8) is 0 Å². The van der Waals surface area contributed by atoms with E-state index in [1.807, 2.05) is 0 Å². The molecule has 3 atom stereocenters. The maximum absolute atomic E-state index is 10.7. The van der Waals surface area contributed by atoms with Crippen molar-refractivity contribution in [2.45, 2.75) is 38.7 Å². The zero-order chi connectivity index (χ0) is 7.84. The predicted octanol–water partition coefficient (Wildman–Crippen LogP) is 1.74. The van der Waals surface area contributed by atoms with Crippen LogP contribution in [0.15, 0.2) is 0 Å². The molecule has 2 heteroatoms. The molecule has 0 heterocycles. The number of ether oxygens (including phenoxy) is 1. The lowest BCUT2D eigenvalue weighted by Gasteiger charge is -2.20. The van der Waals surface area contributed by atoms with E-state index in [2.05, 4.69) is 0 Å². The fourth-order valence-corrected chi connectivity index (χ4v) is 2.54. The Morgan fingerprint density at radius 3 is 2.64 bits per heavy atom. The first-order valence-electron chi connectivity index (χ1n) is 4.43. The molecule has 0 aromatic rings. The van der Waals surface area contributed by atoms with E-state index in [4.69, 9.17) is 4.74 Å². The zero-order valence-corrected chi connectivity index (χ0v) is 6.88. The van der Waals surface area contributed by atoms with Crippen molar-refractivity contribution in [3.8, 4) is 0 Å². The van der Waals surface area contributed by atoms with Crippen LogP contribution in [0.5, 0.6) is 0 Å². The van der Waals surface area contributed by atoms with Gasteiger partial charge in [-0.15, -0.1) is 0 Å². The Morgan fingerprint density at radius 1 is 1.36 bits per heavy atom. The summed E-state index contributed by atoms with van der Waals surface area (Å²) >= 11 is 0. The Balaban J connectivity index is 1.92. The number of esters is 1. The van der Waals surface area contributed by atoms with E-state index in [9.17, 15) is 4.79 Å². The molecule has 2 aliphatic carbocycles. The molecule has 62 valence electrons. The van der Waals surface area contributed by atoms with Gasteiger partial charge in [-0.25, -0.2) is 0 Å². The van der Waals surface area contributed by atoms with Crippen LogP contribution in [0.3, 0.4) is 0 Å². The van der Waals surface area contributed by atoms with E-state index in [1.165, 1.54) is 26.2 Å². The summed E-state index contributed by atoms with van der Waals surface area (Å²) in [7, 11) is 0. The monoisotopic (exact) mass is 154 g/mol. The van der Waals surface area contributed by atoms with Crippen LogP contribution in [0.2, 0.25) is 0 Å². The van der Waals surface area contributed by atoms with E-state index in [-0.39, 0.29) is 12.1 Å². The second kappa shape index (κ2) is 2.50. The second-order valence-electron chi connectivity index (χ2n) is 3.82. The summed E-state index contributed by atoms with van der Waals surface area (Å²) in [5, 5.41) is 0. The number of hydrogen-bond donors (Lipinski definition) is 0. The third kappa shape index (κ3) is 1.26. The van der Waals surface area contributed by atoms with E-state index in [0.717, 1.165) is 12.3 Å². The first-order valence-corrected chi connectivity index (χ1v) is 4.43. The lowest BCUT2D eigenvalue weighted by Crippen LogP contribution is -2.22. The third-order valence-electron chi connectivity index (χ3n) is 2.99. The number of rotatable bonds is 1. The quantitative estimate of drug-likeness (QED) is 0.538. The minimum Gasteiger partial charge on any atom is -0.462 e. The molecular weight excluding hydrogens is 140 g/mol. The summed E-state index contributed by atoms with van der Waals surface area (Å²) in [5.41, 5.74) is 0. The molecule has 2 aliphatic rings. The molecule has 2 saturated carbocycles. The highest BCUT2D eigenvalue weighted by atomic mass is 16.5. The van der Waals surface area contributed by atoms with Crippen molar-refractivity contribution in [1.82, 2.24) is 0 Å². The van der Waals surface area contributed by atoms with Gasteiger partial charge in [0.1, 0.15) is 6.10 Å². The van der Waals surface area contributed by atoms with Crippen LogP contribution >= 0.6 is 0 Å². The Labute approximate surface area is 66.9 Å². The predicted molar refractivity (Wildman–Crippen MR) is 41.0 cm³/mol. The van der Waals surface area contributed by atoms with Crippen LogP contribution in [0.4, 0.5) is 0 Å². The summed E-state index contributed by atoms with van der Waals surface area (Å²) in [6, 6.07) is 0. The van der Waals surface area contributed by atoms with Crippen LogP contribution in [0, 0.1) is 11.8 Å². The molecule has 2 nitrogen and oxygen atoms in total. The van der Waals surface area contributed by atoms with Gasteiger partial charge in [0, 0.05) is 6.92 Å². The fourth-order valence-electron chi connectivity index (χ4n) is 2.54. The van der Waals surface area contributed by atoms with Crippen LogP contribution in [-0.4, -0.2) is 12.1 Å². The van der Waals surface area contributed by atoms with Crippen molar-refractivity contribution in [3.05, 3.63) is 0 Å². The topological polar surface area (TPSA) is 26.3 Å². The van der Waals surface area contributed by atoms with Crippen LogP contribution in [0.1, 0.15) is 32.6 Å². The van der Waals surface area contributed by atoms with Gasteiger partial charge in [-0.2, -0.15) is 0 Å². The highest BCUT2D eigenvalue weighted by molar-refractivity contribution is 5.66. The van der Waals surface area contributed by atoms with E-state index >= 15 is 0 Å². The Bertz CT molecular complexity index is 176. The molecular formula is C9H14O2. The number of carbonyl (C=O) groups excluding carboxylic acids is 1. The highest BCUT2D eigenvalue weighted by Gasteiger charge is 2.41. The van der Waals surface area contributed by atoms with E-state index < -0.39 is 0 Å². The zero-order valence-electron chi connectivity index (χ0n) is 6.88. The standard InChI is InChI=1S/C9H14O2/c1-6(10)11-9-5-7-2-3-8(9)4-7/h7-9H,2-5H2,1H3/t7-,8-,9+/m0/s1. The molecule has 0 saturated heterocycles. The highest BCUT2D eigenvalue weighted by Crippen LogP contribution is 2.45. The van der Waals surface area contributed by atoms with Crippen molar-refractivity contribution >= 4 is 5.97 Å². The van der Waals surface area contributed by atoms with Crippen molar-refractivity contribution in [1.29, 1.82) is 0 Å². The summed E-state index contributed by atoms with van der Waals surface area (Å²) < 4.78 is 5.21. The summed E-state index contributed by atoms with van der Waals surface area (Å²) in [6.07, 6.45) is 5.35. The minimum absolute atomic E-state index is 0.109. The average Bonchev–Trinajstić information content (AvgIpc) is 2.45. The smallest absolute Gasteiger partial charge is 0.302 e. The maximum Gasteiger partial charge on any atom is 0.302 e. The number of carbonyl (C=O) groups is 1. The number of fused-ring (bicyclic) bond motifs is 2. The molecule has 0 unspecified atom stereocenters. The molecule has 0 spiro atoms. The Kier molecular flexibility index (Phi) is 1.63. The molecule has 0 amide bonds. The van der Waals surface area contributed by atoms with Gasteiger partial charge in [0.2, 0.25) is 0 Å². The first kappa shape index (κ1) is 7.14. The number of hydrogen-bond acceptors (Lipinski definition) is 2. The van der Waals surface area contributed by atoms with E-state index in [0.29, 0.717) is 5.92 Å². The molecule has 2 fully saturated rings. The second-order valence-corrected chi connectivity index (χ2v) is 3.82. The largest absolute Gasteiger partial charge is 0.462 e. The van der Waals surface area contributed by atoms with Crippen molar-refractivity contribution in [2.24, 2.45) is 11.8 Å². The van der Waals surface area contributed by atoms with Crippen LogP contribution < -0.4 is 0 Å². The molecule has 0 aromatic carbocycles. The summed E-state index contributed by atoms with van der Waals surface area (Å²) in [4.78, 5) is 10.7. The molecule has 2 bridgehead atoms. The van der Waals surface area contributed by atoms with Crippen molar-refractivity contribution < 1.29 is 9.53 Å². The van der Waals surface area contributed by atoms with Gasteiger partial charge in [-0.3, -0.25) is 4.79 Å². The Morgan fingerprint density at radius 2 is 2.18 bits per heavy atom. The lowest BCUT2D eigenvalue weighted by atomic mass is 9.98. The molecule has 0 aromatic heterocycles. The molecule has 0 N–H and O–H groups in total. The Hall–Kier alpha value is -0.530. The van der Waals surface area contributed by atoms with Gasteiger partial charge in [-0.05, 0) is 37.5 Å². The minimum atomic E-state index is -0.109. The normalized spacial score (nSPS) is 41.0. The lowest BCUT2D eigenvalue weighted by molar-refractivity contribution is -0.148. The first-order chi connectivity index (χ1) is 5.25. The van der Waals surface area contributed by atoms with Gasteiger partial charge in [0.05, 0.1) is 0 Å². The summed E-state index contributed by atoms with van der Waals surface area (Å²) in [6.45, 7) is 1.51. The van der Waals surface area contributed by atoms with Gasteiger partial charge in [0.25, 0.3) is 0 Å². The third-order valence-corrected chi connectivity index (χ3v) is 2.99. The molecule has 0 aliphatic heterocycles. The SMILES string of the molecule is CC(=O)O[C@@H]1C[C@H]2CC[C@H]1C2. The van der Waals surface area contributed by atoms with Crippen molar-refractivity contribution in [2.75, 3.05) is 0 Å².